The molecule has 0 bridgehead atoms. The van der Waals surface area contributed by atoms with Crippen LogP contribution in [0.2, 0.25) is 10.0 Å². The van der Waals surface area contributed by atoms with Crippen molar-refractivity contribution in [3.63, 3.8) is 0 Å². The zero-order valence-corrected chi connectivity index (χ0v) is 10.6. The van der Waals surface area contributed by atoms with Gasteiger partial charge in [0.2, 0.25) is 0 Å². The van der Waals surface area contributed by atoms with Gasteiger partial charge in [0, 0.05) is 5.56 Å². The van der Waals surface area contributed by atoms with Crippen molar-refractivity contribution in [2.75, 3.05) is 0 Å². The normalized spacial score (nSPS) is 12.7. The van der Waals surface area contributed by atoms with E-state index in [0.29, 0.717) is 16.5 Å². The van der Waals surface area contributed by atoms with Gasteiger partial charge in [-0.25, -0.2) is 0 Å². The standard InChI is InChI=1S/C12H9Cl3O/c13-10-2-1-8(6-12(10)15)5-11(14)9-3-4-16-7-9/h1-4,6-7,11H,5H2. The number of furan rings is 1. The SMILES string of the molecule is Clc1ccc(CC(Cl)c2ccoc2)cc1Cl. The van der Waals surface area contributed by atoms with Crippen molar-refractivity contribution in [1.29, 1.82) is 0 Å². The summed E-state index contributed by atoms with van der Waals surface area (Å²) in [5, 5.41) is 0.992. The topological polar surface area (TPSA) is 13.1 Å². The molecular formula is C12H9Cl3O. The molecule has 0 radical (unpaired) electrons. The smallest absolute Gasteiger partial charge is 0.0949 e. The Morgan fingerprint density at radius 3 is 2.56 bits per heavy atom. The molecular weight excluding hydrogens is 266 g/mol. The van der Waals surface area contributed by atoms with E-state index in [-0.39, 0.29) is 5.38 Å². The molecule has 4 heteroatoms. The molecule has 0 fully saturated rings. The number of alkyl halides is 1. The molecule has 1 nitrogen and oxygen atoms in total. The van der Waals surface area contributed by atoms with Gasteiger partial charge in [-0.2, -0.15) is 0 Å². The lowest BCUT2D eigenvalue weighted by atomic mass is 10.1. The second-order valence-electron chi connectivity index (χ2n) is 3.48. The first kappa shape index (κ1) is 11.8. The number of rotatable bonds is 3. The van der Waals surface area contributed by atoms with Crippen LogP contribution < -0.4 is 0 Å². The van der Waals surface area contributed by atoms with Gasteiger partial charge in [-0.3, -0.25) is 0 Å². The molecule has 0 aliphatic rings. The van der Waals surface area contributed by atoms with Crippen molar-refractivity contribution in [2.24, 2.45) is 0 Å². The summed E-state index contributed by atoms with van der Waals surface area (Å²) in [6.45, 7) is 0. The summed E-state index contributed by atoms with van der Waals surface area (Å²) >= 11 is 18.0. The Bertz CT molecular complexity index is 465. The van der Waals surface area contributed by atoms with E-state index < -0.39 is 0 Å². The fraction of sp³-hybridized carbons (Fsp3) is 0.167. The molecule has 1 heterocycles. The van der Waals surface area contributed by atoms with Crippen LogP contribution in [0.3, 0.4) is 0 Å². The van der Waals surface area contributed by atoms with E-state index in [4.69, 9.17) is 39.2 Å². The van der Waals surface area contributed by atoms with Gasteiger partial charge in [-0.15, -0.1) is 11.6 Å². The van der Waals surface area contributed by atoms with Gasteiger partial charge in [-0.1, -0.05) is 29.3 Å². The van der Waals surface area contributed by atoms with Crippen molar-refractivity contribution in [1.82, 2.24) is 0 Å². The van der Waals surface area contributed by atoms with E-state index in [2.05, 4.69) is 0 Å². The first-order chi connectivity index (χ1) is 7.66. The minimum absolute atomic E-state index is 0.115. The Morgan fingerprint density at radius 1 is 1.12 bits per heavy atom. The molecule has 0 aliphatic carbocycles. The highest BCUT2D eigenvalue weighted by Gasteiger charge is 2.10. The van der Waals surface area contributed by atoms with Crippen LogP contribution in [0.5, 0.6) is 0 Å². The maximum Gasteiger partial charge on any atom is 0.0949 e. The molecule has 1 atom stereocenters. The number of benzene rings is 1. The van der Waals surface area contributed by atoms with Gasteiger partial charge >= 0.3 is 0 Å². The molecule has 1 aromatic carbocycles. The molecule has 1 aromatic heterocycles. The first-order valence-corrected chi connectivity index (χ1v) is 5.96. The van der Waals surface area contributed by atoms with Crippen LogP contribution in [0.15, 0.2) is 41.2 Å². The molecule has 84 valence electrons. The molecule has 0 N–H and O–H groups in total. The highest BCUT2D eigenvalue weighted by molar-refractivity contribution is 6.42. The largest absolute Gasteiger partial charge is 0.472 e. The Labute approximate surface area is 109 Å². The molecule has 0 saturated carbocycles. The minimum atomic E-state index is -0.115. The van der Waals surface area contributed by atoms with Gasteiger partial charge in [-0.05, 0) is 30.2 Å². The molecule has 0 spiro atoms. The average molecular weight is 276 g/mol. The van der Waals surface area contributed by atoms with Gasteiger partial charge in [0.25, 0.3) is 0 Å². The minimum Gasteiger partial charge on any atom is -0.472 e. The Morgan fingerprint density at radius 2 is 1.94 bits per heavy atom. The van der Waals surface area contributed by atoms with Gasteiger partial charge < -0.3 is 4.42 Å². The second kappa shape index (κ2) is 5.13. The molecule has 0 aliphatic heterocycles. The van der Waals surface area contributed by atoms with Crippen LogP contribution in [-0.2, 0) is 6.42 Å². The number of halogens is 3. The summed E-state index contributed by atoms with van der Waals surface area (Å²) in [6, 6.07) is 7.39. The maximum absolute atomic E-state index is 6.24. The highest BCUT2D eigenvalue weighted by atomic mass is 35.5. The highest BCUT2D eigenvalue weighted by Crippen LogP contribution is 2.28. The van der Waals surface area contributed by atoms with Gasteiger partial charge in [0.15, 0.2) is 0 Å². The quantitative estimate of drug-likeness (QED) is 0.710. The van der Waals surface area contributed by atoms with Crippen molar-refractivity contribution >= 4 is 34.8 Å². The molecule has 16 heavy (non-hydrogen) atoms. The number of hydrogen-bond donors (Lipinski definition) is 0. The van der Waals surface area contributed by atoms with E-state index >= 15 is 0 Å². The molecule has 0 saturated heterocycles. The first-order valence-electron chi connectivity index (χ1n) is 4.77. The summed E-state index contributed by atoms with van der Waals surface area (Å²) in [5.41, 5.74) is 2.02. The van der Waals surface area contributed by atoms with Crippen LogP contribution in [0.4, 0.5) is 0 Å². The summed E-state index contributed by atoms with van der Waals surface area (Å²) in [7, 11) is 0. The summed E-state index contributed by atoms with van der Waals surface area (Å²) < 4.78 is 4.98. The average Bonchev–Trinajstić information content (AvgIpc) is 2.77. The van der Waals surface area contributed by atoms with Crippen LogP contribution in [0.1, 0.15) is 16.5 Å². The third kappa shape index (κ3) is 2.73. The van der Waals surface area contributed by atoms with Gasteiger partial charge in [0.1, 0.15) is 0 Å². The summed E-state index contributed by atoms with van der Waals surface area (Å²) in [4.78, 5) is 0. The summed E-state index contributed by atoms with van der Waals surface area (Å²) in [5.74, 6) is 0. The zero-order chi connectivity index (χ0) is 11.5. The third-order valence-electron chi connectivity index (χ3n) is 2.30. The predicted molar refractivity (Wildman–Crippen MR) is 67.5 cm³/mol. The molecule has 2 rings (SSSR count). The predicted octanol–water partition coefficient (Wildman–Crippen LogP) is 5.11. The van der Waals surface area contributed by atoms with Crippen LogP contribution >= 0.6 is 34.8 Å². The summed E-state index contributed by atoms with van der Waals surface area (Å²) in [6.07, 6.45) is 3.95. The van der Waals surface area contributed by atoms with Crippen molar-refractivity contribution < 1.29 is 4.42 Å². The monoisotopic (exact) mass is 274 g/mol. The van der Waals surface area contributed by atoms with Crippen molar-refractivity contribution in [2.45, 2.75) is 11.8 Å². The van der Waals surface area contributed by atoms with Gasteiger partial charge in [0.05, 0.1) is 27.9 Å². The van der Waals surface area contributed by atoms with Crippen LogP contribution in [0.25, 0.3) is 0 Å². The van der Waals surface area contributed by atoms with E-state index in [1.54, 1.807) is 18.6 Å². The van der Waals surface area contributed by atoms with E-state index in [1.807, 2.05) is 18.2 Å². The third-order valence-corrected chi connectivity index (χ3v) is 3.45. The van der Waals surface area contributed by atoms with E-state index in [9.17, 15) is 0 Å². The van der Waals surface area contributed by atoms with Crippen molar-refractivity contribution in [3.8, 4) is 0 Å². The lowest BCUT2D eigenvalue weighted by Gasteiger charge is -2.07. The second-order valence-corrected chi connectivity index (χ2v) is 4.82. The fourth-order valence-corrected chi connectivity index (χ4v) is 2.07. The number of hydrogen-bond acceptors (Lipinski definition) is 1. The van der Waals surface area contributed by atoms with E-state index in [1.165, 1.54) is 0 Å². The molecule has 0 amide bonds. The lowest BCUT2D eigenvalue weighted by molar-refractivity contribution is 0.563. The Hall–Kier alpha value is -0.630. The zero-order valence-electron chi connectivity index (χ0n) is 8.29. The van der Waals surface area contributed by atoms with Crippen LogP contribution in [-0.4, -0.2) is 0 Å². The van der Waals surface area contributed by atoms with E-state index in [0.717, 1.165) is 11.1 Å². The fourth-order valence-electron chi connectivity index (χ4n) is 1.44. The molecule has 2 aromatic rings. The maximum atomic E-state index is 6.24. The molecule has 1 unspecified atom stereocenters. The van der Waals surface area contributed by atoms with Crippen molar-refractivity contribution in [3.05, 3.63) is 58.0 Å². The van der Waals surface area contributed by atoms with Crippen LogP contribution in [0, 0.1) is 0 Å². The Kier molecular flexibility index (Phi) is 3.80. The Balaban J connectivity index is 2.12. The lowest BCUT2D eigenvalue weighted by Crippen LogP contribution is -1.94.